The predicted octanol–water partition coefficient (Wildman–Crippen LogP) is 6.28. The molecule has 9 rings (SSSR count). The second-order valence-electron chi connectivity index (χ2n) is 17.1. The summed E-state index contributed by atoms with van der Waals surface area (Å²) in [5, 5.41) is 23.2. The van der Waals surface area contributed by atoms with Gasteiger partial charge in [0.1, 0.15) is 39.6 Å². The summed E-state index contributed by atoms with van der Waals surface area (Å²) in [6.45, 7) is 11.1. The van der Waals surface area contributed by atoms with Crippen LogP contribution in [0.2, 0.25) is 0 Å². The van der Waals surface area contributed by atoms with Crippen LogP contribution in [0.15, 0.2) is 24.3 Å². The largest absolute Gasteiger partial charge is 0.508 e. The van der Waals surface area contributed by atoms with E-state index in [2.05, 4.69) is 16.8 Å². The Kier molecular flexibility index (Phi) is 9.10. The molecule has 11 nitrogen and oxygen atoms in total. The van der Waals surface area contributed by atoms with Crippen molar-refractivity contribution in [3.63, 3.8) is 0 Å². The third kappa shape index (κ3) is 6.07. The van der Waals surface area contributed by atoms with Crippen molar-refractivity contribution >= 4 is 27.5 Å². The Bertz CT molecular complexity index is 2140. The van der Waals surface area contributed by atoms with Crippen LogP contribution in [0.5, 0.6) is 17.6 Å². The van der Waals surface area contributed by atoms with Gasteiger partial charge in [-0.1, -0.05) is 19.4 Å². The Labute approximate surface area is 319 Å². The Morgan fingerprint density at radius 2 is 1.78 bits per heavy atom. The monoisotopic (exact) mass is 759 g/mol. The summed E-state index contributed by atoms with van der Waals surface area (Å²) >= 11 is 0. The van der Waals surface area contributed by atoms with Gasteiger partial charge < -0.3 is 34.1 Å². The van der Waals surface area contributed by atoms with Gasteiger partial charge in [0.2, 0.25) is 5.88 Å². The highest BCUT2D eigenvalue weighted by molar-refractivity contribution is 6.03. The number of hydrogen-bond acceptors (Lipinski definition) is 11. The number of phenolic OH excluding ortho intramolecular Hbond substituents is 1. The first-order valence-electron chi connectivity index (χ1n) is 19.9. The number of likely N-dealkylation sites (tertiary alicyclic amines) is 1. The van der Waals surface area contributed by atoms with Gasteiger partial charge in [0.15, 0.2) is 5.82 Å². The van der Waals surface area contributed by atoms with Gasteiger partial charge in [-0.05, 0) is 105 Å². The maximum atomic E-state index is 17.4. The van der Waals surface area contributed by atoms with Gasteiger partial charge in [-0.15, -0.1) is 0 Å². The molecule has 2 aromatic carbocycles. The van der Waals surface area contributed by atoms with Crippen LogP contribution in [0.3, 0.4) is 0 Å². The van der Waals surface area contributed by atoms with Crippen LogP contribution >= 0.6 is 0 Å². The van der Waals surface area contributed by atoms with E-state index in [-0.39, 0.29) is 63.9 Å². The maximum Gasteiger partial charge on any atom is 0.319 e. The van der Waals surface area contributed by atoms with Crippen molar-refractivity contribution in [2.24, 2.45) is 23.2 Å². The summed E-state index contributed by atoms with van der Waals surface area (Å²) in [6, 6.07) is 5.86. The number of pyridine rings is 1. The predicted molar refractivity (Wildman–Crippen MR) is 204 cm³/mol. The number of halogens is 2. The number of aryl methyl sites for hydroxylation is 1. The van der Waals surface area contributed by atoms with Gasteiger partial charge in [-0.2, -0.15) is 9.97 Å². The van der Waals surface area contributed by atoms with Gasteiger partial charge in [-0.25, -0.2) is 13.8 Å². The number of aromatic nitrogens is 3. The molecule has 2 unspecified atom stereocenters. The number of anilines is 1. The minimum atomic E-state index is -1.22. The first-order chi connectivity index (χ1) is 26.5. The number of fused-ring (bicyclic) bond motifs is 4. The molecular weight excluding hydrogens is 708 g/mol. The number of benzene rings is 2. The summed E-state index contributed by atoms with van der Waals surface area (Å²) in [4.78, 5) is 19.0. The maximum absolute atomic E-state index is 17.4. The summed E-state index contributed by atoms with van der Waals surface area (Å²) in [7, 11) is 1.44. The third-order valence-corrected chi connectivity index (χ3v) is 13.7. The van der Waals surface area contributed by atoms with Crippen LogP contribution in [0.1, 0.15) is 58.4 Å². The number of nitrogens with zero attached hydrogens (tertiary/aromatic N) is 5. The van der Waals surface area contributed by atoms with Crippen molar-refractivity contribution in [2.45, 2.75) is 70.4 Å². The van der Waals surface area contributed by atoms with Crippen LogP contribution in [-0.4, -0.2) is 108 Å². The molecule has 5 fully saturated rings. The van der Waals surface area contributed by atoms with Crippen LogP contribution in [-0.2, 0) is 15.9 Å². The molecule has 3 saturated heterocycles. The van der Waals surface area contributed by atoms with E-state index in [1.54, 1.807) is 13.0 Å². The lowest BCUT2D eigenvalue weighted by Crippen LogP contribution is -2.61. The van der Waals surface area contributed by atoms with Crippen molar-refractivity contribution in [3.05, 3.63) is 41.5 Å². The summed E-state index contributed by atoms with van der Waals surface area (Å²) in [5.41, 5.74) is -1.05. The molecule has 5 heterocycles. The molecule has 4 aromatic rings. The molecule has 5 aliphatic rings. The van der Waals surface area contributed by atoms with E-state index in [0.29, 0.717) is 66.1 Å². The quantitative estimate of drug-likeness (QED) is 0.201. The summed E-state index contributed by atoms with van der Waals surface area (Å²) < 4.78 is 56.7. The lowest BCUT2D eigenvalue weighted by atomic mass is 9.66. The van der Waals surface area contributed by atoms with E-state index in [1.807, 2.05) is 11.8 Å². The van der Waals surface area contributed by atoms with E-state index in [0.717, 1.165) is 58.4 Å². The number of methoxy groups -OCH3 is 1. The molecule has 2 saturated carbocycles. The number of ether oxygens (including phenoxy) is 4. The number of β-amino-alcohol motifs (C(OH)–C–C–N with tert-alkyl or cyclic N) is 1. The third-order valence-electron chi connectivity index (χ3n) is 13.7. The Balaban J connectivity index is 1.16. The molecule has 0 radical (unpaired) electrons. The minimum Gasteiger partial charge on any atom is -0.508 e. The second-order valence-corrected chi connectivity index (χ2v) is 17.1. The molecule has 6 atom stereocenters. The molecule has 2 N–H and O–H groups in total. The average Bonchev–Trinajstić information content (AvgIpc) is 3.43. The normalized spacial score (nSPS) is 30.7. The van der Waals surface area contributed by atoms with Gasteiger partial charge >= 0.3 is 6.01 Å². The minimum absolute atomic E-state index is 0.0149. The molecule has 0 bridgehead atoms. The van der Waals surface area contributed by atoms with Crippen molar-refractivity contribution < 1.29 is 37.9 Å². The topological polar surface area (TPSA) is 123 Å². The molecular formula is C42H51F2N5O6. The van der Waals surface area contributed by atoms with E-state index >= 15 is 8.78 Å². The zero-order valence-corrected chi connectivity index (χ0v) is 32.2. The highest BCUT2D eigenvalue weighted by atomic mass is 19.1. The van der Waals surface area contributed by atoms with E-state index < -0.39 is 17.2 Å². The number of piperidine rings is 1. The van der Waals surface area contributed by atoms with Gasteiger partial charge in [0.05, 0.1) is 46.7 Å². The molecule has 0 spiro atoms. The van der Waals surface area contributed by atoms with Crippen molar-refractivity contribution in [1.82, 2.24) is 19.9 Å². The first-order valence-corrected chi connectivity index (χ1v) is 19.9. The number of rotatable bonds is 9. The fourth-order valence-corrected chi connectivity index (χ4v) is 10.7. The Morgan fingerprint density at radius 3 is 2.56 bits per heavy atom. The smallest absolute Gasteiger partial charge is 0.319 e. The summed E-state index contributed by atoms with van der Waals surface area (Å²) in [5.74, 6) is 1.08. The summed E-state index contributed by atoms with van der Waals surface area (Å²) in [6.07, 6.45) is 5.63. The van der Waals surface area contributed by atoms with Crippen molar-refractivity contribution in [1.29, 1.82) is 0 Å². The fraction of sp³-hybridized carbons (Fsp3) is 0.595. The van der Waals surface area contributed by atoms with Crippen LogP contribution < -0.4 is 14.4 Å². The van der Waals surface area contributed by atoms with Gasteiger partial charge in [0.25, 0.3) is 0 Å². The number of aliphatic hydroxyl groups is 1. The molecule has 3 aliphatic heterocycles. The van der Waals surface area contributed by atoms with E-state index in [1.165, 1.54) is 25.3 Å². The number of aromatic hydroxyl groups is 1. The van der Waals surface area contributed by atoms with Crippen molar-refractivity contribution in [3.8, 4) is 28.9 Å². The van der Waals surface area contributed by atoms with Gasteiger partial charge in [-0.3, -0.25) is 4.90 Å². The van der Waals surface area contributed by atoms with Crippen LogP contribution in [0.25, 0.3) is 32.9 Å². The number of phenols is 1. The zero-order chi connectivity index (χ0) is 38.3. The molecule has 2 aliphatic carbocycles. The lowest BCUT2D eigenvalue weighted by Gasteiger charge is -2.54. The zero-order valence-electron chi connectivity index (χ0n) is 32.2. The van der Waals surface area contributed by atoms with Crippen LogP contribution in [0.4, 0.5) is 14.6 Å². The second kappa shape index (κ2) is 13.6. The van der Waals surface area contributed by atoms with Crippen molar-refractivity contribution in [2.75, 3.05) is 71.2 Å². The van der Waals surface area contributed by atoms with E-state index in [4.69, 9.17) is 28.9 Å². The molecule has 13 heteroatoms. The fourth-order valence-electron chi connectivity index (χ4n) is 10.7. The molecule has 0 amide bonds. The van der Waals surface area contributed by atoms with Gasteiger partial charge in [0, 0.05) is 29.6 Å². The van der Waals surface area contributed by atoms with E-state index in [9.17, 15) is 10.2 Å². The molecule has 294 valence electrons. The Hall–Kier alpha value is -3.91. The molecule has 55 heavy (non-hydrogen) atoms. The van der Waals surface area contributed by atoms with Crippen LogP contribution in [0, 0.1) is 34.8 Å². The standard InChI is InChI=1S/C42H51F2N5O6/c1-5-26-31(43)9-8-24-16-25(50)17-27(32(24)26)35-34(44)36-33(38(45-35)52-4)37(48-14-15-53-22-40(2,51)21-48)47-39(46-36)55-23-42-11-6-10-41(42,3)49(13-7-12-42)18-28-29-19-54-20-30(28)29/h8-9,16-17,28-30,50-51H,5-7,10-15,18-23H2,1-4H3/t28?,29-,30+,40-,41+,42?/m0/s1. The Morgan fingerprint density at radius 1 is 0.982 bits per heavy atom. The highest BCUT2D eigenvalue weighted by Crippen LogP contribution is 2.58. The molecule has 2 aromatic heterocycles. The average molecular weight is 760 g/mol. The SMILES string of the molecule is CCc1c(F)ccc2cc(O)cc(-c3nc(OC)c4c(N5CCOC[C@@](C)(O)C5)nc(OCC56CCCN(CC7[C@H]8COC[C@@H]78)[C@]5(C)CCC6)nc4c3F)c12. The highest BCUT2D eigenvalue weighted by Gasteiger charge is 2.60. The first kappa shape index (κ1) is 36.7. The number of hydrogen-bond donors (Lipinski definition) is 2. The lowest BCUT2D eigenvalue weighted by molar-refractivity contribution is -0.0704.